The minimum atomic E-state index is -0.282. The van der Waals surface area contributed by atoms with E-state index in [0.29, 0.717) is 6.42 Å². The fourth-order valence-corrected chi connectivity index (χ4v) is 6.53. The lowest BCUT2D eigenvalue weighted by molar-refractivity contribution is -0.154. The van der Waals surface area contributed by atoms with Crippen LogP contribution in [0.5, 0.6) is 0 Å². The maximum atomic E-state index is 12.5. The number of hydrogen-bond acceptors (Lipinski definition) is 3. The van der Waals surface area contributed by atoms with Crippen molar-refractivity contribution in [2.24, 2.45) is 23.2 Å². The average Bonchev–Trinajstić information content (AvgIpc) is 2.65. The molecule has 4 aliphatic carbocycles. The molecule has 4 nitrogen and oxygen atoms in total. The molecule has 4 heteroatoms. The van der Waals surface area contributed by atoms with Gasteiger partial charge in [-0.25, -0.2) is 0 Å². The van der Waals surface area contributed by atoms with Crippen LogP contribution in [0.2, 0.25) is 0 Å². The van der Waals surface area contributed by atoms with Gasteiger partial charge in [0.2, 0.25) is 0 Å². The van der Waals surface area contributed by atoms with E-state index in [0.717, 1.165) is 34.2 Å². The van der Waals surface area contributed by atoms with Crippen molar-refractivity contribution in [1.82, 2.24) is 0 Å². The van der Waals surface area contributed by atoms with Gasteiger partial charge in [0.1, 0.15) is 0 Å². The summed E-state index contributed by atoms with van der Waals surface area (Å²) < 4.78 is 5.38. The van der Waals surface area contributed by atoms with Gasteiger partial charge in [-0.3, -0.25) is 9.59 Å². The smallest absolute Gasteiger partial charge is 0.306 e. The standard InChI is InChI=1S/C24H27NO3/c26-22(25-21-7-3-5-19-4-1-2-6-20(19)21)15-28-23(27)14-24-11-16-8-17(12-24)10-18(9-16)13-24/h1-7,16-18H,8-15H2,(H,25,26). The van der Waals surface area contributed by atoms with Crippen LogP contribution in [0, 0.1) is 23.2 Å². The van der Waals surface area contributed by atoms with Crippen LogP contribution in [0.4, 0.5) is 5.69 Å². The van der Waals surface area contributed by atoms with Gasteiger partial charge in [0, 0.05) is 11.1 Å². The molecule has 0 heterocycles. The van der Waals surface area contributed by atoms with Gasteiger partial charge in [-0.1, -0.05) is 36.4 Å². The Hall–Kier alpha value is -2.36. The highest BCUT2D eigenvalue weighted by molar-refractivity contribution is 6.02. The van der Waals surface area contributed by atoms with E-state index in [2.05, 4.69) is 5.32 Å². The zero-order valence-corrected chi connectivity index (χ0v) is 16.2. The Morgan fingerprint density at radius 3 is 2.29 bits per heavy atom. The van der Waals surface area contributed by atoms with Crippen molar-refractivity contribution in [2.45, 2.75) is 44.9 Å². The summed E-state index contributed by atoms with van der Waals surface area (Å²) >= 11 is 0. The second kappa shape index (κ2) is 6.91. The number of rotatable bonds is 5. The summed E-state index contributed by atoms with van der Waals surface area (Å²) in [5, 5.41) is 4.94. The summed E-state index contributed by atoms with van der Waals surface area (Å²) in [5.74, 6) is 1.95. The van der Waals surface area contributed by atoms with Crippen LogP contribution in [0.1, 0.15) is 44.9 Å². The molecule has 0 saturated heterocycles. The van der Waals surface area contributed by atoms with E-state index in [9.17, 15) is 9.59 Å². The van der Waals surface area contributed by atoms with Crippen molar-refractivity contribution in [3.05, 3.63) is 42.5 Å². The summed E-state index contributed by atoms with van der Waals surface area (Å²) in [6.07, 6.45) is 8.10. The van der Waals surface area contributed by atoms with Crippen LogP contribution in [0.15, 0.2) is 42.5 Å². The van der Waals surface area contributed by atoms with Gasteiger partial charge in [-0.05, 0) is 73.1 Å². The van der Waals surface area contributed by atoms with E-state index in [1.54, 1.807) is 0 Å². The second-order valence-electron chi connectivity index (χ2n) is 9.33. The highest BCUT2D eigenvalue weighted by Gasteiger charge is 2.51. The molecule has 0 spiro atoms. The molecule has 1 N–H and O–H groups in total. The maximum absolute atomic E-state index is 12.5. The first kappa shape index (κ1) is 17.7. The van der Waals surface area contributed by atoms with Crippen molar-refractivity contribution in [3.8, 4) is 0 Å². The molecule has 2 aromatic rings. The number of benzene rings is 2. The van der Waals surface area contributed by atoms with Gasteiger partial charge in [0.25, 0.3) is 5.91 Å². The molecule has 0 aromatic heterocycles. The molecule has 0 radical (unpaired) electrons. The first-order valence-electron chi connectivity index (χ1n) is 10.5. The molecule has 2 aromatic carbocycles. The monoisotopic (exact) mass is 377 g/mol. The molecule has 1 amide bonds. The molecular formula is C24H27NO3. The minimum Gasteiger partial charge on any atom is -0.456 e. The van der Waals surface area contributed by atoms with Crippen molar-refractivity contribution in [2.75, 3.05) is 11.9 Å². The molecule has 4 saturated carbocycles. The predicted octanol–water partition coefficient (Wildman–Crippen LogP) is 4.93. The van der Waals surface area contributed by atoms with Gasteiger partial charge in [0.15, 0.2) is 6.61 Å². The van der Waals surface area contributed by atoms with Crippen LogP contribution in [-0.4, -0.2) is 18.5 Å². The Morgan fingerprint density at radius 1 is 0.929 bits per heavy atom. The highest BCUT2D eigenvalue weighted by atomic mass is 16.5. The molecule has 28 heavy (non-hydrogen) atoms. The van der Waals surface area contributed by atoms with Crippen LogP contribution < -0.4 is 5.32 Å². The fourth-order valence-electron chi connectivity index (χ4n) is 6.53. The number of ether oxygens (including phenoxy) is 1. The number of carbonyl (C=O) groups is 2. The fraction of sp³-hybridized carbons (Fsp3) is 0.500. The Bertz CT molecular complexity index is 878. The van der Waals surface area contributed by atoms with E-state index in [1.807, 2.05) is 42.5 Å². The van der Waals surface area contributed by atoms with Crippen molar-refractivity contribution < 1.29 is 14.3 Å². The molecule has 0 atom stereocenters. The van der Waals surface area contributed by atoms with Gasteiger partial charge in [-0.2, -0.15) is 0 Å². The third kappa shape index (κ3) is 3.41. The van der Waals surface area contributed by atoms with E-state index >= 15 is 0 Å². The number of amides is 1. The average molecular weight is 377 g/mol. The van der Waals surface area contributed by atoms with E-state index < -0.39 is 0 Å². The van der Waals surface area contributed by atoms with Crippen LogP contribution in [0.3, 0.4) is 0 Å². The lowest BCUT2D eigenvalue weighted by atomic mass is 9.49. The Labute approximate surface area is 165 Å². The van der Waals surface area contributed by atoms with E-state index in [4.69, 9.17) is 4.74 Å². The topological polar surface area (TPSA) is 55.4 Å². The van der Waals surface area contributed by atoms with E-state index in [1.165, 1.54) is 38.5 Å². The Balaban J connectivity index is 1.17. The summed E-state index contributed by atoms with van der Waals surface area (Å²) in [7, 11) is 0. The summed E-state index contributed by atoms with van der Waals surface area (Å²) in [6, 6.07) is 13.7. The Morgan fingerprint density at radius 2 is 1.57 bits per heavy atom. The zero-order chi connectivity index (χ0) is 19.1. The molecular weight excluding hydrogens is 350 g/mol. The zero-order valence-electron chi connectivity index (χ0n) is 16.2. The van der Waals surface area contributed by atoms with Crippen LogP contribution in [-0.2, 0) is 14.3 Å². The van der Waals surface area contributed by atoms with Gasteiger partial charge < -0.3 is 10.1 Å². The summed E-state index contributed by atoms with van der Waals surface area (Å²) in [6.45, 7) is -0.214. The Kier molecular flexibility index (Phi) is 4.37. The number of hydrogen-bond donors (Lipinski definition) is 1. The first-order valence-corrected chi connectivity index (χ1v) is 10.5. The number of carbonyl (C=O) groups excluding carboxylic acids is 2. The number of fused-ring (bicyclic) bond motifs is 1. The molecule has 4 bridgehead atoms. The molecule has 0 aliphatic heterocycles. The molecule has 0 unspecified atom stereocenters. The number of esters is 1. The quantitative estimate of drug-likeness (QED) is 0.752. The minimum absolute atomic E-state index is 0.151. The van der Waals surface area contributed by atoms with Crippen molar-refractivity contribution in [1.29, 1.82) is 0 Å². The molecule has 6 rings (SSSR count). The second-order valence-corrected chi connectivity index (χ2v) is 9.33. The highest BCUT2D eigenvalue weighted by Crippen LogP contribution is 2.61. The number of anilines is 1. The molecule has 146 valence electrons. The maximum Gasteiger partial charge on any atom is 0.306 e. The lowest BCUT2D eigenvalue weighted by Gasteiger charge is -2.56. The van der Waals surface area contributed by atoms with Gasteiger partial charge in [-0.15, -0.1) is 0 Å². The third-order valence-corrected chi connectivity index (χ3v) is 7.11. The van der Waals surface area contributed by atoms with Crippen LogP contribution in [0.25, 0.3) is 10.8 Å². The predicted molar refractivity (Wildman–Crippen MR) is 109 cm³/mol. The van der Waals surface area contributed by atoms with Crippen molar-refractivity contribution in [3.63, 3.8) is 0 Å². The normalized spacial score (nSPS) is 30.4. The van der Waals surface area contributed by atoms with E-state index in [-0.39, 0.29) is 23.9 Å². The lowest BCUT2D eigenvalue weighted by Crippen LogP contribution is -2.47. The van der Waals surface area contributed by atoms with Gasteiger partial charge in [0.05, 0.1) is 6.42 Å². The van der Waals surface area contributed by atoms with Crippen molar-refractivity contribution >= 4 is 28.3 Å². The van der Waals surface area contributed by atoms with Crippen LogP contribution >= 0.6 is 0 Å². The van der Waals surface area contributed by atoms with Gasteiger partial charge >= 0.3 is 5.97 Å². The number of nitrogens with one attached hydrogen (secondary N) is 1. The molecule has 4 fully saturated rings. The molecule has 4 aliphatic rings. The SMILES string of the molecule is O=C(COC(=O)CC12CC3CC(CC(C3)C1)C2)Nc1cccc2ccccc12. The summed E-state index contributed by atoms with van der Waals surface area (Å²) in [4.78, 5) is 24.8. The summed E-state index contributed by atoms with van der Waals surface area (Å²) in [5.41, 5.74) is 0.901. The largest absolute Gasteiger partial charge is 0.456 e. The third-order valence-electron chi connectivity index (χ3n) is 7.11. The first-order chi connectivity index (χ1) is 13.6.